The van der Waals surface area contributed by atoms with Crippen molar-refractivity contribution in [2.45, 2.75) is 25.3 Å². The fourth-order valence-electron chi connectivity index (χ4n) is 4.01. The number of thiophene rings is 1. The largest absolute Gasteiger partial charge is 0.379 e. The molecule has 4 heterocycles. The predicted molar refractivity (Wildman–Crippen MR) is 117 cm³/mol. The van der Waals surface area contributed by atoms with Gasteiger partial charge in [-0.1, -0.05) is 6.92 Å². The Bertz CT molecular complexity index is 1130. The van der Waals surface area contributed by atoms with Gasteiger partial charge in [0.2, 0.25) is 15.9 Å². The van der Waals surface area contributed by atoms with Crippen molar-refractivity contribution in [3.8, 4) is 0 Å². The van der Waals surface area contributed by atoms with Crippen LogP contribution in [0.25, 0.3) is 10.2 Å². The summed E-state index contributed by atoms with van der Waals surface area (Å²) in [6.45, 7) is 8.54. The van der Waals surface area contributed by atoms with Gasteiger partial charge in [-0.05, 0) is 13.5 Å². The number of piperazine rings is 1. The SMILES string of the molecule is CCN1CCN(C(=O)Cn2cnc3sc(C)c(S(=O)(=O)N4CCOCC4)c3c2=O)CC1. The maximum atomic E-state index is 13.3. The Kier molecular flexibility index (Phi) is 6.44. The highest BCUT2D eigenvalue weighted by Gasteiger charge is 2.33. The van der Waals surface area contributed by atoms with Crippen molar-refractivity contribution in [3.05, 3.63) is 21.6 Å². The van der Waals surface area contributed by atoms with Gasteiger partial charge in [-0.3, -0.25) is 14.2 Å². The second kappa shape index (κ2) is 8.94. The smallest absolute Gasteiger partial charge is 0.263 e. The van der Waals surface area contributed by atoms with Crippen LogP contribution in [0.2, 0.25) is 0 Å². The fraction of sp³-hybridized carbons (Fsp3) is 0.632. The van der Waals surface area contributed by atoms with E-state index in [0.29, 0.717) is 36.0 Å². The number of nitrogens with zero attached hydrogens (tertiary/aromatic N) is 5. The number of rotatable bonds is 5. The Morgan fingerprint density at radius 2 is 1.84 bits per heavy atom. The molecular weight excluding hydrogens is 442 g/mol. The van der Waals surface area contributed by atoms with E-state index in [1.54, 1.807) is 11.8 Å². The number of likely N-dealkylation sites (N-methyl/N-ethyl adjacent to an activating group) is 1. The summed E-state index contributed by atoms with van der Waals surface area (Å²) in [6, 6.07) is 0. The zero-order valence-corrected chi connectivity index (χ0v) is 19.4. The first-order valence-corrected chi connectivity index (χ1v) is 12.6. The molecule has 2 saturated heterocycles. The lowest BCUT2D eigenvalue weighted by atomic mass is 10.3. The zero-order valence-electron chi connectivity index (χ0n) is 17.7. The van der Waals surface area contributed by atoms with Crippen LogP contribution in [0.4, 0.5) is 0 Å². The van der Waals surface area contributed by atoms with E-state index in [1.807, 2.05) is 0 Å². The minimum Gasteiger partial charge on any atom is -0.379 e. The lowest BCUT2D eigenvalue weighted by Crippen LogP contribution is -2.49. The molecule has 170 valence electrons. The molecule has 2 aliphatic rings. The average molecular weight is 470 g/mol. The Labute approximate surface area is 185 Å². The number of aryl methyl sites for hydroxylation is 1. The molecule has 0 unspecified atom stereocenters. The molecule has 10 nitrogen and oxygen atoms in total. The van der Waals surface area contributed by atoms with Crippen LogP contribution in [0.15, 0.2) is 16.0 Å². The van der Waals surface area contributed by atoms with Crippen LogP contribution in [-0.2, 0) is 26.1 Å². The van der Waals surface area contributed by atoms with E-state index >= 15 is 0 Å². The highest BCUT2D eigenvalue weighted by Crippen LogP contribution is 2.33. The monoisotopic (exact) mass is 469 g/mol. The van der Waals surface area contributed by atoms with E-state index in [2.05, 4.69) is 16.8 Å². The summed E-state index contributed by atoms with van der Waals surface area (Å²) >= 11 is 1.18. The molecule has 0 saturated carbocycles. The van der Waals surface area contributed by atoms with Gasteiger partial charge in [0.1, 0.15) is 16.3 Å². The van der Waals surface area contributed by atoms with Crippen LogP contribution in [0.1, 0.15) is 11.8 Å². The third-order valence-electron chi connectivity index (χ3n) is 5.85. The van der Waals surface area contributed by atoms with E-state index < -0.39 is 15.6 Å². The number of morpholine rings is 1. The van der Waals surface area contributed by atoms with Crippen LogP contribution >= 0.6 is 11.3 Å². The lowest BCUT2D eigenvalue weighted by Gasteiger charge is -2.34. The summed E-state index contributed by atoms with van der Waals surface area (Å²) in [5, 5.41) is 0.0695. The van der Waals surface area contributed by atoms with E-state index in [0.717, 1.165) is 19.6 Å². The van der Waals surface area contributed by atoms with Gasteiger partial charge in [0.25, 0.3) is 5.56 Å². The summed E-state index contributed by atoms with van der Waals surface area (Å²) in [4.78, 5) is 35.2. The lowest BCUT2D eigenvalue weighted by molar-refractivity contribution is -0.133. The van der Waals surface area contributed by atoms with Crippen LogP contribution < -0.4 is 5.56 Å². The molecule has 0 aliphatic carbocycles. The van der Waals surface area contributed by atoms with Gasteiger partial charge in [0, 0.05) is 44.1 Å². The molecule has 2 fully saturated rings. The Hall–Kier alpha value is -1.86. The van der Waals surface area contributed by atoms with E-state index in [4.69, 9.17) is 4.74 Å². The summed E-state index contributed by atoms with van der Waals surface area (Å²) in [5.41, 5.74) is -0.498. The summed E-state index contributed by atoms with van der Waals surface area (Å²) < 4.78 is 34.4. The molecule has 0 spiro atoms. The number of sulfonamides is 1. The minimum absolute atomic E-state index is 0.00487. The number of carbonyl (C=O) groups is 1. The quantitative estimate of drug-likeness (QED) is 0.605. The molecule has 2 aromatic rings. The minimum atomic E-state index is -3.86. The number of aromatic nitrogens is 2. The van der Waals surface area contributed by atoms with Crippen molar-refractivity contribution in [1.29, 1.82) is 0 Å². The number of hydrogen-bond donors (Lipinski definition) is 0. The molecule has 0 N–H and O–H groups in total. The van der Waals surface area contributed by atoms with Crippen molar-refractivity contribution >= 4 is 37.5 Å². The molecule has 2 aliphatic heterocycles. The third-order valence-corrected chi connectivity index (χ3v) is 9.06. The van der Waals surface area contributed by atoms with Crippen LogP contribution in [-0.4, -0.2) is 97.0 Å². The maximum Gasteiger partial charge on any atom is 0.263 e. The molecule has 0 aromatic carbocycles. The topological polar surface area (TPSA) is 105 Å². The number of amides is 1. The Morgan fingerprint density at radius 1 is 1.16 bits per heavy atom. The van der Waals surface area contributed by atoms with Crippen LogP contribution in [0.3, 0.4) is 0 Å². The third kappa shape index (κ3) is 4.27. The molecule has 0 atom stereocenters. The molecule has 0 bridgehead atoms. The van der Waals surface area contributed by atoms with Crippen molar-refractivity contribution in [2.75, 3.05) is 59.0 Å². The van der Waals surface area contributed by atoms with Gasteiger partial charge in [0.15, 0.2) is 0 Å². The second-order valence-electron chi connectivity index (χ2n) is 7.68. The van der Waals surface area contributed by atoms with Crippen molar-refractivity contribution in [3.63, 3.8) is 0 Å². The molecule has 12 heteroatoms. The van der Waals surface area contributed by atoms with Crippen LogP contribution in [0.5, 0.6) is 0 Å². The van der Waals surface area contributed by atoms with Gasteiger partial charge in [-0.2, -0.15) is 4.31 Å². The second-order valence-corrected chi connectivity index (χ2v) is 10.8. The Balaban J connectivity index is 1.65. The van der Waals surface area contributed by atoms with Gasteiger partial charge in [-0.25, -0.2) is 13.4 Å². The van der Waals surface area contributed by atoms with Crippen molar-refractivity contribution < 1.29 is 17.9 Å². The summed E-state index contributed by atoms with van der Waals surface area (Å²) in [5.74, 6) is -0.163. The van der Waals surface area contributed by atoms with Crippen molar-refractivity contribution in [1.82, 2.24) is 23.7 Å². The molecule has 31 heavy (non-hydrogen) atoms. The van der Waals surface area contributed by atoms with Gasteiger partial charge < -0.3 is 14.5 Å². The Morgan fingerprint density at radius 3 is 2.48 bits per heavy atom. The molecule has 4 rings (SSSR count). The van der Waals surface area contributed by atoms with Gasteiger partial charge in [0.05, 0.1) is 24.9 Å². The number of carbonyl (C=O) groups excluding carboxylic acids is 1. The van der Waals surface area contributed by atoms with E-state index in [-0.39, 0.29) is 35.8 Å². The normalized spacial score (nSPS) is 19.2. The maximum absolute atomic E-state index is 13.3. The molecule has 1 amide bonds. The van der Waals surface area contributed by atoms with Crippen LogP contribution in [0, 0.1) is 6.92 Å². The first-order chi connectivity index (χ1) is 14.8. The average Bonchev–Trinajstić information content (AvgIpc) is 3.13. The molecular formula is C19H27N5O5S2. The highest BCUT2D eigenvalue weighted by atomic mass is 32.2. The van der Waals surface area contributed by atoms with Gasteiger partial charge >= 0.3 is 0 Å². The number of fused-ring (bicyclic) bond motifs is 1. The zero-order chi connectivity index (χ0) is 22.2. The first kappa shape index (κ1) is 22.3. The molecule has 2 aromatic heterocycles. The standard InChI is InChI=1S/C19H27N5O5S2/c1-3-21-4-6-22(7-5-21)15(25)12-23-13-20-18-16(19(23)26)17(14(2)30-18)31(27,28)24-8-10-29-11-9-24/h13H,3-12H2,1-2H3. The summed E-state index contributed by atoms with van der Waals surface area (Å²) in [6.07, 6.45) is 1.34. The van der Waals surface area contributed by atoms with E-state index in [1.165, 1.54) is 26.5 Å². The van der Waals surface area contributed by atoms with Gasteiger partial charge in [-0.15, -0.1) is 11.3 Å². The van der Waals surface area contributed by atoms with E-state index in [9.17, 15) is 18.0 Å². The molecule has 0 radical (unpaired) electrons. The fourth-order valence-corrected chi connectivity index (χ4v) is 7.09. The predicted octanol–water partition coefficient (Wildman–Crippen LogP) is -0.0486. The van der Waals surface area contributed by atoms with Crippen molar-refractivity contribution in [2.24, 2.45) is 0 Å². The number of hydrogen-bond acceptors (Lipinski definition) is 8. The summed E-state index contributed by atoms with van der Waals surface area (Å²) in [7, 11) is -3.86. The number of ether oxygens (including phenoxy) is 1. The highest BCUT2D eigenvalue weighted by molar-refractivity contribution is 7.89. The first-order valence-electron chi connectivity index (χ1n) is 10.4.